The summed E-state index contributed by atoms with van der Waals surface area (Å²) < 4.78 is 0. The van der Waals surface area contributed by atoms with E-state index in [0.29, 0.717) is 54.6 Å². The maximum Gasteiger partial charge on any atom is 0.254 e. The van der Waals surface area contributed by atoms with Crippen LogP contribution in [0.15, 0.2) is 84.9 Å². The number of nitrogens with one attached hydrogen (secondary N) is 5. The van der Waals surface area contributed by atoms with Gasteiger partial charge in [0, 0.05) is 29.7 Å². The standard InChI is InChI=1S/C40H48N10O5/c41-19-4-3-10-31-39(54)45-23-35(51)47-30(37(44)52)9-2-1-6-24-11-15-26(16-12-24)32-20-33(46-27-17-13-25(21-42)14-18-27)28-7-5-8-29(36(28)48-32)38(53)50-34(22-43)40(55)49-31/h1-2,5,7-8,11-18,20,30-31,34H,3-4,6,9-10,19,21-23,41-43H2,(H2,44,52)(H,45,54)(H,46,48)(H,47,51)(H,49,55)(H,50,53)/b2-1-/t30-,31-,34-/m0/s1. The number of allylic oxidation sites excluding steroid dienone is 1. The Balaban J connectivity index is 1.55. The average molecular weight is 749 g/mol. The van der Waals surface area contributed by atoms with Crippen LogP contribution in [0.5, 0.6) is 0 Å². The fourth-order valence-electron chi connectivity index (χ4n) is 6.11. The average Bonchev–Trinajstić information content (AvgIpc) is 3.19. The van der Waals surface area contributed by atoms with Gasteiger partial charge in [0.1, 0.15) is 18.1 Å². The molecule has 2 aliphatic rings. The molecule has 0 saturated carbocycles. The van der Waals surface area contributed by atoms with Crippen molar-refractivity contribution in [3.8, 4) is 11.3 Å². The maximum atomic E-state index is 14.0. The van der Waals surface area contributed by atoms with E-state index in [9.17, 15) is 24.0 Å². The number of fused-ring (bicyclic) bond motifs is 16. The zero-order valence-electron chi connectivity index (χ0n) is 30.5. The van der Waals surface area contributed by atoms with Crippen molar-refractivity contribution in [3.63, 3.8) is 0 Å². The summed E-state index contributed by atoms with van der Waals surface area (Å²) in [7, 11) is 0. The molecule has 2 aliphatic heterocycles. The number of amides is 5. The predicted molar refractivity (Wildman–Crippen MR) is 212 cm³/mol. The topological polar surface area (TPSA) is 262 Å². The molecular formula is C40H48N10O5. The van der Waals surface area contributed by atoms with Crippen molar-refractivity contribution in [2.24, 2.45) is 22.9 Å². The molecule has 6 rings (SSSR count). The number of hydrogen-bond donors (Lipinski definition) is 9. The quantitative estimate of drug-likeness (QED) is 0.0674. The highest BCUT2D eigenvalue weighted by Gasteiger charge is 2.28. The van der Waals surface area contributed by atoms with Gasteiger partial charge in [0.25, 0.3) is 5.91 Å². The van der Waals surface area contributed by atoms with Crippen LogP contribution in [-0.2, 0) is 32.1 Å². The summed E-state index contributed by atoms with van der Waals surface area (Å²) in [5, 5.41) is 14.6. The molecular weight excluding hydrogens is 701 g/mol. The molecule has 5 amide bonds. The third kappa shape index (κ3) is 10.7. The number of rotatable bonds is 9. The smallest absolute Gasteiger partial charge is 0.254 e. The van der Waals surface area contributed by atoms with Crippen LogP contribution in [0, 0.1) is 0 Å². The van der Waals surface area contributed by atoms with Crippen LogP contribution in [0.3, 0.4) is 0 Å². The molecule has 0 aliphatic carbocycles. The van der Waals surface area contributed by atoms with Gasteiger partial charge in [0.05, 0.1) is 29.0 Å². The normalized spacial score (nSPS) is 19.1. The van der Waals surface area contributed by atoms with Crippen LogP contribution in [0.4, 0.5) is 11.4 Å². The molecule has 15 nitrogen and oxygen atoms in total. The molecule has 0 fully saturated rings. The van der Waals surface area contributed by atoms with Gasteiger partial charge in [-0.15, -0.1) is 0 Å². The second kappa shape index (κ2) is 19.3. The second-order valence-electron chi connectivity index (χ2n) is 13.2. The zero-order chi connectivity index (χ0) is 39.3. The number of benzene rings is 3. The van der Waals surface area contributed by atoms with Crippen molar-refractivity contribution in [1.82, 2.24) is 26.3 Å². The van der Waals surface area contributed by atoms with Crippen molar-refractivity contribution in [3.05, 3.63) is 102 Å². The predicted octanol–water partition coefficient (Wildman–Crippen LogP) is 1.36. The van der Waals surface area contributed by atoms with E-state index < -0.39 is 54.2 Å². The molecule has 3 aromatic carbocycles. The number of aromatic nitrogens is 1. The minimum absolute atomic E-state index is 0.144. The molecule has 0 unspecified atom stereocenters. The molecule has 15 heteroatoms. The number of pyridine rings is 1. The molecule has 0 radical (unpaired) electrons. The maximum absolute atomic E-state index is 14.0. The van der Waals surface area contributed by atoms with Gasteiger partial charge < -0.3 is 49.5 Å². The van der Waals surface area contributed by atoms with E-state index >= 15 is 0 Å². The minimum Gasteiger partial charge on any atom is -0.368 e. The van der Waals surface area contributed by atoms with Gasteiger partial charge in [0.15, 0.2) is 0 Å². The van der Waals surface area contributed by atoms with Crippen LogP contribution in [0.1, 0.15) is 47.2 Å². The summed E-state index contributed by atoms with van der Waals surface area (Å²) in [6.45, 7) is 0.0359. The van der Waals surface area contributed by atoms with Gasteiger partial charge in [-0.25, -0.2) is 4.98 Å². The largest absolute Gasteiger partial charge is 0.368 e. The fraction of sp³-hybridized carbons (Fsp3) is 0.300. The number of para-hydroxylation sites is 1. The molecule has 3 heterocycles. The van der Waals surface area contributed by atoms with E-state index in [1.807, 2.05) is 66.7 Å². The van der Waals surface area contributed by atoms with Gasteiger partial charge in [-0.1, -0.05) is 60.7 Å². The van der Waals surface area contributed by atoms with E-state index in [2.05, 4.69) is 26.6 Å². The number of hydrogen-bond acceptors (Lipinski definition) is 10. The van der Waals surface area contributed by atoms with Crippen molar-refractivity contribution in [2.75, 3.05) is 25.0 Å². The molecule has 0 saturated heterocycles. The molecule has 4 bridgehead atoms. The summed E-state index contributed by atoms with van der Waals surface area (Å²) in [6, 6.07) is 19.3. The lowest BCUT2D eigenvalue weighted by atomic mass is 10.0. The number of carbonyl (C=O) groups is 5. The summed E-state index contributed by atoms with van der Waals surface area (Å²) in [5.74, 6) is -3.30. The lowest BCUT2D eigenvalue weighted by Crippen LogP contribution is -2.56. The number of primary amides is 1. The third-order valence-electron chi connectivity index (χ3n) is 9.23. The Kier molecular flexibility index (Phi) is 14.0. The Morgan fingerprint density at radius 1 is 0.836 bits per heavy atom. The SMILES string of the molecule is NCCCC[C@@H]1NC(=O)[C@H](CN)NC(=O)c2cccc3c(Nc4ccc(CN)cc4)cc(nc23)-c2ccc(cc2)C/C=C\C[C@@H](C(N)=O)NC(=O)CNC1=O. The summed E-state index contributed by atoms with van der Waals surface area (Å²) in [5.41, 5.74) is 28.5. The number of nitrogens with zero attached hydrogens (tertiary/aromatic N) is 1. The minimum atomic E-state index is -1.22. The van der Waals surface area contributed by atoms with E-state index in [1.165, 1.54) is 0 Å². The Hall–Kier alpha value is -6.16. The van der Waals surface area contributed by atoms with Crippen molar-refractivity contribution in [1.29, 1.82) is 0 Å². The van der Waals surface area contributed by atoms with Gasteiger partial charge in [-0.3, -0.25) is 24.0 Å². The van der Waals surface area contributed by atoms with Crippen LogP contribution >= 0.6 is 0 Å². The Labute approximate surface area is 319 Å². The first-order valence-corrected chi connectivity index (χ1v) is 18.2. The van der Waals surface area contributed by atoms with Crippen molar-refractivity contribution >= 4 is 51.8 Å². The first-order chi connectivity index (χ1) is 26.6. The van der Waals surface area contributed by atoms with E-state index in [0.717, 1.165) is 22.4 Å². The lowest BCUT2D eigenvalue weighted by Gasteiger charge is -2.23. The van der Waals surface area contributed by atoms with Crippen LogP contribution < -0.4 is 49.5 Å². The van der Waals surface area contributed by atoms with E-state index in [-0.39, 0.29) is 24.9 Å². The van der Waals surface area contributed by atoms with E-state index in [4.69, 9.17) is 27.9 Å². The molecule has 55 heavy (non-hydrogen) atoms. The first-order valence-electron chi connectivity index (χ1n) is 18.2. The van der Waals surface area contributed by atoms with Crippen molar-refractivity contribution < 1.29 is 24.0 Å². The highest BCUT2D eigenvalue weighted by Crippen LogP contribution is 2.32. The third-order valence-corrected chi connectivity index (χ3v) is 9.23. The number of anilines is 2. The second-order valence-corrected chi connectivity index (χ2v) is 13.2. The Morgan fingerprint density at radius 3 is 2.29 bits per heavy atom. The van der Waals surface area contributed by atoms with Gasteiger partial charge in [-0.2, -0.15) is 0 Å². The van der Waals surface area contributed by atoms with Crippen molar-refractivity contribution in [2.45, 2.75) is 56.8 Å². The highest BCUT2D eigenvalue weighted by molar-refractivity contribution is 6.10. The summed E-state index contributed by atoms with van der Waals surface area (Å²) >= 11 is 0. The lowest BCUT2D eigenvalue weighted by molar-refractivity contribution is -0.131. The van der Waals surface area contributed by atoms with Crippen LogP contribution in [0.2, 0.25) is 0 Å². The fourth-order valence-corrected chi connectivity index (χ4v) is 6.11. The zero-order valence-corrected chi connectivity index (χ0v) is 30.5. The first kappa shape index (κ1) is 40.0. The van der Waals surface area contributed by atoms with E-state index in [1.54, 1.807) is 18.2 Å². The monoisotopic (exact) mass is 748 g/mol. The summed E-state index contributed by atoms with van der Waals surface area (Å²) in [6.07, 6.45) is 5.60. The summed E-state index contributed by atoms with van der Waals surface area (Å²) in [4.78, 5) is 70.7. The van der Waals surface area contributed by atoms with Crippen LogP contribution in [-0.4, -0.2) is 72.3 Å². The van der Waals surface area contributed by atoms with Crippen LogP contribution in [0.25, 0.3) is 22.2 Å². The molecule has 13 N–H and O–H groups in total. The van der Waals surface area contributed by atoms with Gasteiger partial charge in [-0.05, 0) is 74.0 Å². The molecule has 3 atom stereocenters. The molecule has 1 aromatic heterocycles. The number of unbranched alkanes of at least 4 members (excludes halogenated alkanes) is 1. The van der Waals surface area contributed by atoms with Gasteiger partial charge >= 0.3 is 0 Å². The number of carbonyl (C=O) groups excluding carboxylic acids is 5. The molecule has 0 spiro atoms. The molecule has 4 aromatic rings. The molecule has 288 valence electrons. The highest BCUT2D eigenvalue weighted by atomic mass is 16.2. The number of nitrogens with two attached hydrogens (primary N) is 4. The Morgan fingerprint density at radius 2 is 1.60 bits per heavy atom. The Bertz CT molecular complexity index is 2030. The van der Waals surface area contributed by atoms with Gasteiger partial charge in [0.2, 0.25) is 23.6 Å².